The van der Waals surface area contributed by atoms with E-state index in [1.807, 2.05) is 6.92 Å². The summed E-state index contributed by atoms with van der Waals surface area (Å²) < 4.78 is 5.42. The number of amides is 2. The monoisotopic (exact) mass is 262 g/mol. The summed E-state index contributed by atoms with van der Waals surface area (Å²) in [7, 11) is 0. The van der Waals surface area contributed by atoms with E-state index in [2.05, 4.69) is 5.32 Å². The lowest BCUT2D eigenvalue weighted by Gasteiger charge is -2.31. The van der Waals surface area contributed by atoms with Gasteiger partial charge in [0, 0.05) is 31.3 Å². The Bertz CT molecular complexity index is 487. The minimum atomic E-state index is -0.149. The molecular weight excluding hydrogens is 244 g/mol. The van der Waals surface area contributed by atoms with Gasteiger partial charge in [-0.3, -0.25) is 9.59 Å². The first kappa shape index (κ1) is 13.5. The number of hydrogen-bond acceptors (Lipinski definition) is 3. The highest BCUT2D eigenvalue weighted by atomic mass is 16.5. The Morgan fingerprint density at radius 1 is 1.42 bits per heavy atom. The van der Waals surface area contributed by atoms with Crippen LogP contribution in [0, 0.1) is 0 Å². The fourth-order valence-electron chi connectivity index (χ4n) is 2.12. The molecule has 1 saturated heterocycles. The number of anilines is 1. The highest BCUT2D eigenvalue weighted by Crippen LogP contribution is 2.15. The van der Waals surface area contributed by atoms with Crippen molar-refractivity contribution in [1.82, 2.24) is 4.90 Å². The molecule has 0 radical (unpaired) electrons. The molecule has 0 bridgehead atoms. The molecule has 0 unspecified atom stereocenters. The summed E-state index contributed by atoms with van der Waals surface area (Å²) in [6, 6.07) is 6.99. The van der Waals surface area contributed by atoms with Gasteiger partial charge in [0.2, 0.25) is 5.91 Å². The molecule has 0 aromatic heterocycles. The molecule has 2 amide bonds. The third kappa shape index (κ3) is 3.54. The topological polar surface area (TPSA) is 58.6 Å². The lowest BCUT2D eigenvalue weighted by Crippen LogP contribution is -2.44. The van der Waals surface area contributed by atoms with Crippen LogP contribution in [-0.4, -0.2) is 42.5 Å². The van der Waals surface area contributed by atoms with E-state index in [0.717, 1.165) is 0 Å². The van der Waals surface area contributed by atoms with Crippen LogP contribution in [0.25, 0.3) is 0 Å². The largest absolute Gasteiger partial charge is 0.375 e. The second-order valence-corrected chi connectivity index (χ2v) is 4.69. The summed E-state index contributed by atoms with van der Waals surface area (Å²) in [6.07, 6.45) is 0.0660. The number of carbonyl (C=O) groups excluding carboxylic acids is 2. The van der Waals surface area contributed by atoms with Crippen LogP contribution in [0.3, 0.4) is 0 Å². The summed E-state index contributed by atoms with van der Waals surface area (Å²) in [4.78, 5) is 25.1. The predicted molar refractivity (Wildman–Crippen MR) is 72.1 cm³/mol. The van der Waals surface area contributed by atoms with Crippen molar-refractivity contribution in [3.63, 3.8) is 0 Å². The number of ether oxygens (including phenoxy) is 1. The molecule has 1 fully saturated rings. The zero-order valence-electron chi connectivity index (χ0n) is 11.2. The Morgan fingerprint density at radius 3 is 2.89 bits per heavy atom. The second-order valence-electron chi connectivity index (χ2n) is 4.69. The van der Waals surface area contributed by atoms with Gasteiger partial charge in [-0.15, -0.1) is 0 Å². The first-order chi connectivity index (χ1) is 9.06. The Balaban J connectivity index is 2.12. The lowest BCUT2D eigenvalue weighted by molar-refractivity contribution is -0.114. The Kier molecular flexibility index (Phi) is 4.16. The van der Waals surface area contributed by atoms with E-state index in [1.54, 1.807) is 29.2 Å². The molecule has 0 spiro atoms. The fraction of sp³-hybridized carbons (Fsp3) is 0.429. The zero-order valence-corrected chi connectivity index (χ0v) is 11.2. The van der Waals surface area contributed by atoms with Crippen LogP contribution in [0.4, 0.5) is 5.69 Å². The van der Waals surface area contributed by atoms with Gasteiger partial charge in [0.05, 0.1) is 12.7 Å². The summed E-state index contributed by atoms with van der Waals surface area (Å²) in [5.41, 5.74) is 1.22. The summed E-state index contributed by atoms with van der Waals surface area (Å²) in [5, 5.41) is 2.68. The summed E-state index contributed by atoms with van der Waals surface area (Å²) in [6.45, 7) is 5.17. The standard InChI is InChI=1S/C14H18N2O3/c1-10-9-16(6-7-19-10)14(18)12-4-3-5-13(8-12)15-11(2)17/h3-5,8,10H,6-7,9H2,1-2H3,(H,15,17)/t10-/m0/s1. The Hall–Kier alpha value is -1.88. The molecule has 19 heavy (non-hydrogen) atoms. The highest BCUT2D eigenvalue weighted by Gasteiger charge is 2.22. The molecule has 1 aliphatic heterocycles. The van der Waals surface area contributed by atoms with Gasteiger partial charge in [-0.2, -0.15) is 0 Å². The van der Waals surface area contributed by atoms with Crippen molar-refractivity contribution >= 4 is 17.5 Å². The van der Waals surface area contributed by atoms with Gasteiger partial charge in [-0.25, -0.2) is 0 Å². The molecule has 5 nitrogen and oxygen atoms in total. The minimum absolute atomic E-state index is 0.0256. The maximum Gasteiger partial charge on any atom is 0.254 e. The number of carbonyl (C=O) groups is 2. The van der Waals surface area contributed by atoms with Crippen molar-refractivity contribution in [2.45, 2.75) is 20.0 Å². The fourth-order valence-corrected chi connectivity index (χ4v) is 2.12. The SMILES string of the molecule is CC(=O)Nc1cccc(C(=O)N2CCO[C@@H](C)C2)c1. The van der Waals surface area contributed by atoms with Crippen molar-refractivity contribution in [3.8, 4) is 0 Å². The number of nitrogens with one attached hydrogen (secondary N) is 1. The van der Waals surface area contributed by atoms with Crippen LogP contribution in [0.2, 0.25) is 0 Å². The van der Waals surface area contributed by atoms with E-state index in [4.69, 9.17) is 4.74 Å². The van der Waals surface area contributed by atoms with Crippen LogP contribution in [0.1, 0.15) is 24.2 Å². The van der Waals surface area contributed by atoms with E-state index >= 15 is 0 Å². The molecule has 5 heteroatoms. The quantitative estimate of drug-likeness (QED) is 0.878. The lowest BCUT2D eigenvalue weighted by atomic mass is 10.1. The van der Waals surface area contributed by atoms with Crippen molar-refractivity contribution in [3.05, 3.63) is 29.8 Å². The second kappa shape index (κ2) is 5.84. The van der Waals surface area contributed by atoms with E-state index in [0.29, 0.717) is 30.9 Å². The van der Waals surface area contributed by atoms with E-state index < -0.39 is 0 Å². The van der Waals surface area contributed by atoms with Gasteiger partial charge in [0.25, 0.3) is 5.91 Å². The molecule has 1 aromatic carbocycles. The number of nitrogens with zero attached hydrogens (tertiary/aromatic N) is 1. The van der Waals surface area contributed by atoms with Crippen molar-refractivity contribution in [2.24, 2.45) is 0 Å². The average molecular weight is 262 g/mol. The number of morpholine rings is 1. The molecule has 102 valence electrons. The third-order valence-electron chi connectivity index (χ3n) is 2.96. The molecule has 1 N–H and O–H groups in total. The van der Waals surface area contributed by atoms with E-state index in [1.165, 1.54) is 6.92 Å². The molecule has 1 atom stereocenters. The van der Waals surface area contributed by atoms with Crippen LogP contribution >= 0.6 is 0 Å². The van der Waals surface area contributed by atoms with Gasteiger partial charge in [-0.05, 0) is 25.1 Å². The van der Waals surface area contributed by atoms with Crippen LogP contribution < -0.4 is 5.32 Å². The maximum atomic E-state index is 12.3. The van der Waals surface area contributed by atoms with Gasteiger partial charge < -0.3 is 15.0 Å². The molecule has 0 saturated carbocycles. The van der Waals surface area contributed by atoms with Crippen molar-refractivity contribution in [1.29, 1.82) is 0 Å². The number of benzene rings is 1. The predicted octanol–water partition coefficient (Wildman–Crippen LogP) is 1.51. The van der Waals surface area contributed by atoms with Crippen LogP contribution in [-0.2, 0) is 9.53 Å². The molecule has 1 aromatic rings. The average Bonchev–Trinajstić information content (AvgIpc) is 2.37. The van der Waals surface area contributed by atoms with Crippen molar-refractivity contribution < 1.29 is 14.3 Å². The minimum Gasteiger partial charge on any atom is -0.375 e. The van der Waals surface area contributed by atoms with Gasteiger partial charge in [-0.1, -0.05) is 6.07 Å². The van der Waals surface area contributed by atoms with Gasteiger partial charge in [0.15, 0.2) is 0 Å². The van der Waals surface area contributed by atoms with E-state index in [9.17, 15) is 9.59 Å². The number of rotatable bonds is 2. The van der Waals surface area contributed by atoms with Gasteiger partial charge in [0.1, 0.15) is 0 Å². The first-order valence-electron chi connectivity index (χ1n) is 6.35. The third-order valence-corrected chi connectivity index (χ3v) is 2.96. The molecule has 0 aliphatic carbocycles. The Morgan fingerprint density at radius 2 is 2.21 bits per heavy atom. The molecule has 2 rings (SSSR count). The molecular formula is C14H18N2O3. The highest BCUT2D eigenvalue weighted by molar-refractivity contribution is 5.96. The molecule has 1 aliphatic rings. The first-order valence-corrected chi connectivity index (χ1v) is 6.35. The maximum absolute atomic E-state index is 12.3. The zero-order chi connectivity index (χ0) is 13.8. The normalized spacial score (nSPS) is 19.1. The smallest absolute Gasteiger partial charge is 0.254 e. The summed E-state index contributed by atoms with van der Waals surface area (Å²) in [5.74, 6) is -0.174. The molecule has 1 heterocycles. The summed E-state index contributed by atoms with van der Waals surface area (Å²) >= 11 is 0. The van der Waals surface area contributed by atoms with Crippen LogP contribution in [0.15, 0.2) is 24.3 Å². The Labute approximate surface area is 112 Å². The van der Waals surface area contributed by atoms with Crippen LogP contribution in [0.5, 0.6) is 0 Å². The number of hydrogen-bond donors (Lipinski definition) is 1. The van der Waals surface area contributed by atoms with Crippen molar-refractivity contribution in [2.75, 3.05) is 25.0 Å². The van der Waals surface area contributed by atoms with Gasteiger partial charge >= 0.3 is 0 Å². The van der Waals surface area contributed by atoms with E-state index in [-0.39, 0.29) is 17.9 Å².